The molecule has 23 heavy (non-hydrogen) atoms. The number of rotatable bonds is 5. The molecule has 5 nitrogen and oxygen atoms in total. The van der Waals surface area contributed by atoms with E-state index in [0.717, 1.165) is 17.5 Å². The number of aryl methyl sites for hydroxylation is 2. The van der Waals surface area contributed by atoms with Crippen LogP contribution in [0.3, 0.4) is 0 Å². The van der Waals surface area contributed by atoms with Crippen LogP contribution < -0.4 is 5.32 Å². The molecular weight excluding hydrogens is 312 g/mol. The summed E-state index contributed by atoms with van der Waals surface area (Å²) in [5, 5.41) is 2.89. The minimum absolute atomic E-state index is 0.0510. The minimum atomic E-state index is -3.47. The Labute approximate surface area is 139 Å². The summed E-state index contributed by atoms with van der Waals surface area (Å²) >= 11 is 0. The van der Waals surface area contributed by atoms with E-state index in [-0.39, 0.29) is 11.8 Å². The molecule has 0 bridgehead atoms. The Morgan fingerprint density at radius 2 is 1.87 bits per heavy atom. The van der Waals surface area contributed by atoms with Crippen LogP contribution in [0, 0.1) is 19.8 Å². The van der Waals surface area contributed by atoms with Crippen LogP contribution in [0.2, 0.25) is 0 Å². The number of hydrogen-bond donors (Lipinski definition) is 1. The first kappa shape index (κ1) is 17.9. The molecule has 128 valence electrons. The molecule has 0 aromatic heterocycles. The van der Waals surface area contributed by atoms with Crippen LogP contribution in [-0.4, -0.2) is 38.3 Å². The maximum Gasteiger partial charge on any atom is 0.243 e. The van der Waals surface area contributed by atoms with Gasteiger partial charge in [-0.05, 0) is 56.4 Å². The number of nitrogens with zero attached hydrogens (tertiary/aromatic N) is 1. The van der Waals surface area contributed by atoms with Crippen LogP contribution in [0.5, 0.6) is 0 Å². The first-order valence-electron chi connectivity index (χ1n) is 8.21. The maximum atomic E-state index is 12.7. The molecule has 1 heterocycles. The number of benzene rings is 1. The highest BCUT2D eigenvalue weighted by atomic mass is 32.2. The van der Waals surface area contributed by atoms with Gasteiger partial charge in [0.15, 0.2) is 0 Å². The number of amides is 1. The van der Waals surface area contributed by atoms with Crippen LogP contribution in [0.25, 0.3) is 0 Å². The van der Waals surface area contributed by atoms with Crippen LogP contribution in [-0.2, 0) is 14.8 Å². The van der Waals surface area contributed by atoms with Crippen LogP contribution in [0.4, 0.5) is 0 Å². The molecule has 1 aromatic carbocycles. The van der Waals surface area contributed by atoms with Crippen molar-refractivity contribution in [2.24, 2.45) is 5.92 Å². The molecule has 1 fully saturated rings. The summed E-state index contributed by atoms with van der Waals surface area (Å²) < 4.78 is 27.0. The summed E-state index contributed by atoms with van der Waals surface area (Å²) in [6.45, 7) is 7.38. The minimum Gasteiger partial charge on any atom is -0.356 e. The number of carbonyl (C=O) groups is 1. The quantitative estimate of drug-likeness (QED) is 0.895. The second kappa shape index (κ2) is 7.45. The van der Waals surface area contributed by atoms with Gasteiger partial charge < -0.3 is 5.32 Å². The van der Waals surface area contributed by atoms with Crippen LogP contribution >= 0.6 is 0 Å². The molecule has 1 amide bonds. The van der Waals surface area contributed by atoms with Gasteiger partial charge in [-0.15, -0.1) is 0 Å². The molecule has 0 spiro atoms. The number of nitrogens with one attached hydrogen (secondary N) is 1. The number of sulfonamides is 1. The fraction of sp³-hybridized carbons (Fsp3) is 0.588. The second-order valence-corrected chi connectivity index (χ2v) is 8.15. The van der Waals surface area contributed by atoms with Gasteiger partial charge in [-0.1, -0.05) is 13.0 Å². The van der Waals surface area contributed by atoms with Crippen molar-refractivity contribution in [2.75, 3.05) is 19.6 Å². The van der Waals surface area contributed by atoms with E-state index in [1.54, 1.807) is 12.1 Å². The third-order valence-corrected chi connectivity index (χ3v) is 6.38. The Kier molecular flexibility index (Phi) is 5.81. The summed E-state index contributed by atoms with van der Waals surface area (Å²) in [7, 11) is -3.47. The van der Waals surface area contributed by atoms with Crippen LogP contribution in [0.15, 0.2) is 23.1 Å². The third kappa shape index (κ3) is 4.12. The number of carbonyl (C=O) groups excluding carboxylic acids is 1. The van der Waals surface area contributed by atoms with Gasteiger partial charge in [0.2, 0.25) is 15.9 Å². The van der Waals surface area contributed by atoms with Crippen molar-refractivity contribution >= 4 is 15.9 Å². The molecule has 1 N–H and O–H groups in total. The Morgan fingerprint density at radius 1 is 1.22 bits per heavy atom. The molecule has 1 saturated heterocycles. The molecule has 6 heteroatoms. The molecule has 1 aliphatic rings. The lowest BCUT2D eigenvalue weighted by Crippen LogP contribution is -2.43. The van der Waals surface area contributed by atoms with Crippen molar-refractivity contribution in [3.8, 4) is 0 Å². The first-order chi connectivity index (χ1) is 10.9. The van der Waals surface area contributed by atoms with E-state index < -0.39 is 10.0 Å². The topological polar surface area (TPSA) is 66.5 Å². The normalized spacial score (nSPS) is 17.2. The van der Waals surface area contributed by atoms with E-state index in [2.05, 4.69) is 5.32 Å². The molecule has 0 unspecified atom stereocenters. The zero-order valence-electron chi connectivity index (χ0n) is 14.1. The van der Waals surface area contributed by atoms with Crippen molar-refractivity contribution in [3.05, 3.63) is 29.3 Å². The van der Waals surface area contributed by atoms with Gasteiger partial charge >= 0.3 is 0 Å². The lowest BCUT2D eigenvalue weighted by Gasteiger charge is -2.30. The lowest BCUT2D eigenvalue weighted by molar-refractivity contribution is -0.126. The smallest absolute Gasteiger partial charge is 0.243 e. The van der Waals surface area contributed by atoms with E-state index in [4.69, 9.17) is 0 Å². The standard InChI is InChI=1S/C17H26N2O3S/c1-4-9-18-17(20)15-7-10-19(11-8-15)23(21,22)16-6-5-13(2)14(3)12-16/h5-6,12,15H,4,7-11H2,1-3H3,(H,18,20). The van der Waals surface area contributed by atoms with E-state index in [1.807, 2.05) is 26.8 Å². The van der Waals surface area contributed by atoms with Gasteiger partial charge in [0.1, 0.15) is 0 Å². The zero-order valence-corrected chi connectivity index (χ0v) is 14.9. The zero-order chi connectivity index (χ0) is 17.0. The largest absolute Gasteiger partial charge is 0.356 e. The highest BCUT2D eigenvalue weighted by molar-refractivity contribution is 7.89. The van der Waals surface area contributed by atoms with E-state index >= 15 is 0 Å². The maximum absolute atomic E-state index is 12.7. The second-order valence-electron chi connectivity index (χ2n) is 6.22. The molecular formula is C17H26N2O3S. The van der Waals surface area contributed by atoms with Crippen molar-refractivity contribution in [2.45, 2.75) is 44.9 Å². The van der Waals surface area contributed by atoms with Gasteiger partial charge in [-0.3, -0.25) is 4.79 Å². The lowest BCUT2D eigenvalue weighted by atomic mass is 9.97. The summed E-state index contributed by atoms with van der Waals surface area (Å²) in [6, 6.07) is 5.23. The van der Waals surface area contributed by atoms with Gasteiger partial charge in [0.05, 0.1) is 4.90 Å². The van der Waals surface area contributed by atoms with Gasteiger partial charge in [-0.25, -0.2) is 8.42 Å². The Morgan fingerprint density at radius 3 is 2.43 bits per heavy atom. The number of piperidine rings is 1. The summed E-state index contributed by atoms with van der Waals surface area (Å²) in [5.41, 5.74) is 2.05. The highest BCUT2D eigenvalue weighted by Crippen LogP contribution is 2.25. The van der Waals surface area contributed by atoms with Crippen molar-refractivity contribution < 1.29 is 13.2 Å². The Balaban J connectivity index is 2.03. The molecule has 1 aromatic rings. The molecule has 0 atom stereocenters. The molecule has 1 aliphatic heterocycles. The highest BCUT2D eigenvalue weighted by Gasteiger charge is 2.32. The fourth-order valence-electron chi connectivity index (χ4n) is 2.77. The summed E-state index contributed by atoms with van der Waals surface area (Å²) in [4.78, 5) is 12.3. The van der Waals surface area contributed by atoms with Crippen molar-refractivity contribution in [3.63, 3.8) is 0 Å². The predicted octanol–water partition coefficient (Wildman–Crippen LogP) is 2.23. The van der Waals surface area contributed by atoms with E-state index in [0.29, 0.717) is 37.4 Å². The average Bonchev–Trinajstić information content (AvgIpc) is 2.55. The van der Waals surface area contributed by atoms with Gasteiger partial charge in [-0.2, -0.15) is 4.31 Å². The average molecular weight is 338 g/mol. The number of hydrogen-bond acceptors (Lipinski definition) is 3. The summed E-state index contributed by atoms with van der Waals surface area (Å²) in [5.74, 6) is -0.0252. The SMILES string of the molecule is CCCNC(=O)C1CCN(S(=O)(=O)c2ccc(C)c(C)c2)CC1. The van der Waals surface area contributed by atoms with E-state index in [1.165, 1.54) is 4.31 Å². The molecule has 0 saturated carbocycles. The Hall–Kier alpha value is -1.40. The third-order valence-electron chi connectivity index (χ3n) is 4.49. The van der Waals surface area contributed by atoms with Crippen molar-refractivity contribution in [1.82, 2.24) is 9.62 Å². The van der Waals surface area contributed by atoms with E-state index in [9.17, 15) is 13.2 Å². The summed E-state index contributed by atoms with van der Waals surface area (Å²) in [6.07, 6.45) is 2.07. The Bertz CT molecular complexity index is 662. The monoisotopic (exact) mass is 338 g/mol. The molecule has 2 rings (SSSR count). The van der Waals surface area contributed by atoms with Crippen molar-refractivity contribution in [1.29, 1.82) is 0 Å². The van der Waals surface area contributed by atoms with Gasteiger partial charge in [0, 0.05) is 25.6 Å². The molecule has 0 aliphatic carbocycles. The molecule has 0 radical (unpaired) electrons. The first-order valence-corrected chi connectivity index (χ1v) is 9.65. The fourth-order valence-corrected chi connectivity index (χ4v) is 4.33. The van der Waals surface area contributed by atoms with Crippen LogP contribution in [0.1, 0.15) is 37.3 Å². The predicted molar refractivity (Wildman–Crippen MR) is 90.7 cm³/mol. The van der Waals surface area contributed by atoms with Gasteiger partial charge in [0.25, 0.3) is 0 Å².